The minimum absolute atomic E-state index is 0.00835. The van der Waals surface area contributed by atoms with E-state index in [1.165, 1.54) is 12.1 Å². The summed E-state index contributed by atoms with van der Waals surface area (Å²) >= 11 is 0. The Balaban J connectivity index is 1.80. The number of benzene rings is 2. The molecule has 0 aliphatic carbocycles. The van der Waals surface area contributed by atoms with Crippen LogP contribution in [0.15, 0.2) is 42.5 Å². The zero-order chi connectivity index (χ0) is 22.1. The minimum atomic E-state index is -4.46. The first kappa shape index (κ1) is 22.3. The first-order chi connectivity index (χ1) is 13.9. The number of alkyl halides is 3. The van der Waals surface area contributed by atoms with Gasteiger partial charge in [0.1, 0.15) is 0 Å². The summed E-state index contributed by atoms with van der Waals surface area (Å²) < 4.78 is 44.7. The van der Waals surface area contributed by atoms with E-state index in [9.17, 15) is 18.0 Å². The number of aryl methyl sites for hydroxylation is 1. The molecule has 1 atom stereocenters. The van der Waals surface area contributed by atoms with Crippen LogP contribution >= 0.6 is 0 Å². The number of amides is 1. The summed E-state index contributed by atoms with van der Waals surface area (Å²) in [6.45, 7) is 10.6. The summed E-state index contributed by atoms with van der Waals surface area (Å²) in [7, 11) is 0. The van der Waals surface area contributed by atoms with Crippen molar-refractivity contribution >= 4 is 11.6 Å². The largest absolute Gasteiger partial charge is 0.416 e. The molecule has 3 rings (SSSR count). The molecule has 1 fully saturated rings. The van der Waals surface area contributed by atoms with Crippen molar-refractivity contribution in [1.82, 2.24) is 4.90 Å². The average Bonchev–Trinajstić information content (AvgIpc) is 2.67. The van der Waals surface area contributed by atoms with Crippen LogP contribution in [0.4, 0.5) is 18.9 Å². The second-order valence-corrected chi connectivity index (χ2v) is 8.58. The summed E-state index contributed by atoms with van der Waals surface area (Å²) in [5, 5.41) is 2.56. The molecule has 4 nitrogen and oxygen atoms in total. The molecule has 30 heavy (non-hydrogen) atoms. The van der Waals surface area contributed by atoms with Gasteiger partial charge in [-0.15, -0.1) is 0 Å². The predicted octanol–water partition coefficient (Wildman–Crippen LogP) is 5.44. The predicted molar refractivity (Wildman–Crippen MR) is 111 cm³/mol. The van der Waals surface area contributed by atoms with Crippen LogP contribution in [0.5, 0.6) is 0 Å². The molecule has 162 valence electrons. The lowest BCUT2D eigenvalue weighted by Crippen LogP contribution is -2.49. The van der Waals surface area contributed by atoms with Crippen LogP contribution < -0.4 is 5.32 Å². The van der Waals surface area contributed by atoms with E-state index in [2.05, 4.69) is 31.0 Å². The van der Waals surface area contributed by atoms with E-state index in [4.69, 9.17) is 4.74 Å². The van der Waals surface area contributed by atoms with Crippen molar-refractivity contribution < 1.29 is 22.7 Å². The maximum absolute atomic E-state index is 12.9. The van der Waals surface area contributed by atoms with Gasteiger partial charge in [0, 0.05) is 29.9 Å². The molecule has 1 unspecified atom stereocenters. The Labute approximate surface area is 175 Å². The van der Waals surface area contributed by atoms with Gasteiger partial charge in [-0.1, -0.05) is 12.1 Å². The molecule has 1 amide bonds. The number of morpholine rings is 1. The summed E-state index contributed by atoms with van der Waals surface area (Å²) in [5.74, 6) is -0.459. The number of hydrogen-bond acceptors (Lipinski definition) is 3. The second-order valence-electron chi connectivity index (χ2n) is 8.58. The molecule has 0 bridgehead atoms. The Morgan fingerprint density at radius 1 is 1.13 bits per heavy atom. The highest BCUT2D eigenvalue weighted by Crippen LogP contribution is 2.32. The van der Waals surface area contributed by atoms with Crippen molar-refractivity contribution in [1.29, 1.82) is 0 Å². The van der Waals surface area contributed by atoms with E-state index in [1.807, 2.05) is 13.0 Å². The topological polar surface area (TPSA) is 41.6 Å². The number of rotatable bonds is 3. The van der Waals surface area contributed by atoms with E-state index < -0.39 is 17.6 Å². The normalized spacial score (nSPS) is 18.3. The molecule has 0 radical (unpaired) electrons. The Hall–Kier alpha value is -2.38. The number of carbonyl (C=O) groups is 1. The molecule has 1 aliphatic heterocycles. The average molecular weight is 420 g/mol. The van der Waals surface area contributed by atoms with E-state index >= 15 is 0 Å². The molecule has 1 heterocycles. The fourth-order valence-electron chi connectivity index (χ4n) is 3.55. The second kappa shape index (κ2) is 8.40. The van der Waals surface area contributed by atoms with Gasteiger partial charge >= 0.3 is 6.18 Å². The van der Waals surface area contributed by atoms with Crippen molar-refractivity contribution in [3.8, 4) is 0 Å². The van der Waals surface area contributed by atoms with Gasteiger partial charge in [0.15, 0.2) is 0 Å². The number of nitrogens with one attached hydrogen (secondary N) is 1. The van der Waals surface area contributed by atoms with Crippen LogP contribution in [0.1, 0.15) is 53.9 Å². The molecule has 1 saturated heterocycles. The van der Waals surface area contributed by atoms with Crippen molar-refractivity contribution in [3.63, 3.8) is 0 Å². The lowest BCUT2D eigenvalue weighted by Gasteiger charge is -2.42. The fourth-order valence-corrected chi connectivity index (χ4v) is 3.55. The van der Waals surface area contributed by atoms with Crippen LogP contribution in [0.2, 0.25) is 0 Å². The van der Waals surface area contributed by atoms with Gasteiger partial charge in [-0.2, -0.15) is 13.2 Å². The Bertz CT molecular complexity index is 919. The van der Waals surface area contributed by atoms with Gasteiger partial charge in [-0.25, -0.2) is 0 Å². The van der Waals surface area contributed by atoms with Gasteiger partial charge in [-0.3, -0.25) is 9.69 Å². The smallest absolute Gasteiger partial charge is 0.371 e. The van der Waals surface area contributed by atoms with Gasteiger partial charge in [-0.05, 0) is 69.2 Å². The van der Waals surface area contributed by atoms with Crippen LogP contribution in [-0.4, -0.2) is 36.0 Å². The molecule has 1 N–H and O–H groups in total. The molecular weight excluding hydrogens is 393 g/mol. The Kier molecular flexibility index (Phi) is 6.24. The third kappa shape index (κ3) is 5.21. The molecule has 0 saturated carbocycles. The highest BCUT2D eigenvalue weighted by atomic mass is 19.4. The van der Waals surface area contributed by atoms with Gasteiger partial charge in [0.05, 0.1) is 18.3 Å². The van der Waals surface area contributed by atoms with Gasteiger partial charge in [0.2, 0.25) is 0 Å². The quantitative estimate of drug-likeness (QED) is 0.719. The van der Waals surface area contributed by atoms with Crippen LogP contribution in [-0.2, 0) is 10.9 Å². The van der Waals surface area contributed by atoms with Crippen molar-refractivity contribution in [3.05, 3.63) is 64.7 Å². The lowest BCUT2D eigenvalue weighted by atomic mass is 9.96. The molecule has 7 heteroatoms. The Morgan fingerprint density at radius 3 is 2.53 bits per heavy atom. The number of hydrogen-bond donors (Lipinski definition) is 1. The monoisotopic (exact) mass is 420 g/mol. The van der Waals surface area contributed by atoms with E-state index in [0.29, 0.717) is 18.7 Å². The van der Waals surface area contributed by atoms with Crippen LogP contribution in [0, 0.1) is 6.92 Å². The van der Waals surface area contributed by atoms with Crippen molar-refractivity contribution in [2.24, 2.45) is 0 Å². The highest BCUT2D eigenvalue weighted by Gasteiger charge is 2.31. The fraction of sp³-hybridized carbons (Fsp3) is 0.435. The summed E-state index contributed by atoms with van der Waals surface area (Å²) in [4.78, 5) is 15.0. The van der Waals surface area contributed by atoms with E-state index in [-0.39, 0.29) is 17.3 Å². The number of anilines is 1. The molecule has 0 aromatic heterocycles. The standard InChI is InChI=1S/C23H27F3N2O2/c1-15-8-9-16(12-19(15)20-14-28(10-11-30-20)22(2,3)4)21(29)27-18-7-5-6-17(13-18)23(24,25)26/h5-9,12-13,20H,10-11,14H2,1-4H3,(H,27,29). The number of nitrogens with zero attached hydrogens (tertiary/aromatic N) is 1. The Morgan fingerprint density at radius 2 is 1.87 bits per heavy atom. The number of carbonyl (C=O) groups excluding carboxylic acids is 1. The third-order valence-corrected chi connectivity index (χ3v) is 5.35. The first-order valence-electron chi connectivity index (χ1n) is 9.91. The summed E-state index contributed by atoms with van der Waals surface area (Å²) in [6, 6.07) is 9.90. The van der Waals surface area contributed by atoms with Crippen LogP contribution in [0.3, 0.4) is 0 Å². The van der Waals surface area contributed by atoms with Gasteiger partial charge < -0.3 is 10.1 Å². The van der Waals surface area contributed by atoms with Crippen molar-refractivity contribution in [2.75, 3.05) is 25.0 Å². The molecular formula is C23H27F3N2O2. The van der Waals surface area contributed by atoms with Crippen LogP contribution in [0.25, 0.3) is 0 Å². The summed E-state index contributed by atoms with van der Waals surface area (Å²) in [5.41, 5.74) is 1.61. The number of halogens is 3. The van der Waals surface area contributed by atoms with Crippen molar-refractivity contribution in [2.45, 2.75) is 45.5 Å². The maximum atomic E-state index is 12.9. The summed E-state index contributed by atoms with van der Waals surface area (Å²) in [6.07, 6.45) is -4.63. The lowest BCUT2D eigenvalue weighted by molar-refractivity contribution is -0.137. The number of ether oxygens (including phenoxy) is 1. The molecule has 2 aromatic rings. The SMILES string of the molecule is Cc1ccc(C(=O)Nc2cccc(C(F)(F)F)c2)cc1C1CN(C(C)(C)C)CCO1. The maximum Gasteiger partial charge on any atom is 0.416 e. The highest BCUT2D eigenvalue weighted by molar-refractivity contribution is 6.04. The van der Waals surface area contributed by atoms with Gasteiger partial charge in [0.25, 0.3) is 5.91 Å². The minimum Gasteiger partial charge on any atom is -0.371 e. The first-order valence-corrected chi connectivity index (χ1v) is 9.91. The van der Waals surface area contributed by atoms with E-state index in [0.717, 1.165) is 29.8 Å². The zero-order valence-corrected chi connectivity index (χ0v) is 17.6. The third-order valence-electron chi connectivity index (χ3n) is 5.35. The molecule has 1 aliphatic rings. The van der Waals surface area contributed by atoms with E-state index in [1.54, 1.807) is 12.1 Å². The molecule has 2 aromatic carbocycles. The zero-order valence-electron chi connectivity index (χ0n) is 17.6. The molecule has 0 spiro atoms.